The number of esters is 1. The molecule has 0 aliphatic rings. The Bertz CT molecular complexity index is 899. The number of carbonyl (C=O) groups is 2. The molecule has 0 aromatic heterocycles. The molecular formula is C22H25N3O3S. The summed E-state index contributed by atoms with van der Waals surface area (Å²) in [4.78, 5) is 25.5. The van der Waals surface area contributed by atoms with Gasteiger partial charge in [-0.05, 0) is 67.4 Å². The van der Waals surface area contributed by atoms with Gasteiger partial charge in [0.2, 0.25) is 0 Å². The molecule has 29 heavy (non-hydrogen) atoms. The number of nitrogens with zero attached hydrogens (tertiary/aromatic N) is 1. The highest BCUT2D eigenvalue weighted by Crippen LogP contribution is 2.27. The van der Waals surface area contributed by atoms with Crippen molar-refractivity contribution in [2.45, 2.75) is 38.5 Å². The Balaban J connectivity index is 1.98. The summed E-state index contributed by atoms with van der Waals surface area (Å²) in [5.74, 6) is -0.962. The SMILES string of the molecule is CCCCNc1ccccc1C(=O)OCC(=O)Nc1c(C)cc(SC#N)cc1C. The van der Waals surface area contributed by atoms with E-state index in [4.69, 9.17) is 10.00 Å². The van der Waals surface area contributed by atoms with Crippen molar-refractivity contribution in [1.29, 1.82) is 5.26 Å². The van der Waals surface area contributed by atoms with Gasteiger partial charge in [-0.25, -0.2) is 4.79 Å². The van der Waals surface area contributed by atoms with E-state index in [0.717, 1.165) is 47.2 Å². The van der Waals surface area contributed by atoms with Gasteiger partial charge in [0.05, 0.1) is 5.56 Å². The highest BCUT2D eigenvalue weighted by molar-refractivity contribution is 8.03. The van der Waals surface area contributed by atoms with Crippen LogP contribution in [-0.4, -0.2) is 25.0 Å². The number of hydrogen-bond donors (Lipinski definition) is 2. The predicted molar refractivity (Wildman–Crippen MR) is 116 cm³/mol. The predicted octanol–water partition coefficient (Wildman–Crippen LogP) is 4.88. The van der Waals surface area contributed by atoms with Gasteiger partial charge in [0.1, 0.15) is 5.40 Å². The lowest BCUT2D eigenvalue weighted by atomic mass is 10.1. The number of thiocyanates is 1. The normalized spacial score (nSPS) is 10.1. The number of rotatable bonds is 9. The Morgan fingerprint density at radius 1 is 1.17 bits per heavy atom. The minimum absolute atomic E-state index is 0.379. The number of thioether (sulfide) groups is 1. The summed E-state index contributed by atoms with van der Waals surface area (Å²) in [5, 5.41) is 16.9. The summed E-state index contributed by atoms with van der Waals surface area (Å²) in [7, 11) is 0. The average Bonchev–Trinajstić information content (AvgIpc) is 2.70. The van der Waals surface area contributed by atoms with E-state index < -0.39 is 11.9 Å². The molecule has 0 bridgehead atoms. The van der Waals surface area contributed by atoms with Crippen LogP contribution in [0.5, 0.6) is 0 Å². The van der Waals surface area contributed by atoms with Crippen molar-refractivity contribution in [3.8, 4) is 5.40 Å². The molecule has 152 valence electrons. The van der Waals surface area contributed by atoms with Gasteiger partial charge in [0, 0.05) is 22.8 Å². The third-order valence-corrected chi connectivity index (χ3v) is 4.82. The average molecular weight is 412 g/mol. The van der Waals surface area contributed by atoms with Gasteiger partial charge >= 0.3 is 5.97 Å². The van der Waals surface area contributed by atoms with Gasteiger partial charge in [-0.3, -0.25) is 4.79 Å². The Hall–Kier alpha value is -2.98. The van der Waals surface area contributed by atoms with Crippen LogP contribution in [0.15, 0.2) is 41.3 Å². The Morgan fingerprint density at radius 3 is 2.52 bits per heavy atom. The summed E-state index contributed by atoms with van der Waals surface area (Å²) in [6.07, 6.45) is 2.05. The highest BCUT2D eigenvalue weighted by Gasteiger charge is 2.15. The first kappa shape index (κ1) is 22.3. The monoisotopic (exact) mass is 411 g/mol. The Morgan fingerprint density at radius 2 is 1.86 bits per heavy atom. The van der Waals surface area contributed by atoms with E-state index in [1.165, 1.54) is 0 Å². The second-order valence-corrected chi connectivity index (χ2v) is 7.43. The number of benzene rings is 2. The number of para-hydroxylation sites is 1. The number of unbranched alkanes of at least 4 members (excludes halogenated alkanes) is 1. The van der Waals surface area contributed by atoms with E-state index >= 15 is 0 Å². The van der Waals surface area contributed by atoms with Crippen molar-refractivity contribution in [3.05, 3.63) is 53.1 Å². The molecule has 0 saturated heterocycles. The molecule has 2 aromatic carbocycles. The van der Waals surface area contributed by atoms with E-state index in [-0.39, 0.29) is 6.61 Å². The zero-order valence-corrected chi connectivity index (χ0v) is 17.7. The molecule has 0 heterocycles. The molecule has 0 spiro atoms. The van der Waals surface area contributed by atoms with Crippen LogP contribution < -0.4 is 10.6 Å². The Labute approximate surface area is 175 Å². The molecule has 0 saturated carbocycles. The van der Waals surface area contributed by atoms with Crippen LogP contribution in [0.3, 0.4) is 0 Å². The number of ether oxygens (including phenoxy) is 1. The molecule has 0 aliphatic heterocycles. The number of nitrogens with one attached hydrogen (secondary N) is 2. The van der Waals surface area contributed by atoms with Gasteiger partial charge in [-0.2, -0.15) is 5.26 Å². The molecule has 1 amide bonds. The highest BCUT2D eigenvalue weighted by atomic mass is 32.2. The van der Waals surface area contributed by atoms with Crippen molar-refractivity contribution in [1.82, 2.24) is 0 Å². The summed E-state index contributed by atoms with van der Waals surface area (Å²) in [5.41, 5.74) is 3.45. The first-order valence-corrected chi connectivity index (χ1v) is 10.2. The fraction of sp³-hybridized carbons (Fsp3) is 0.318. The Kier molecular flexibility index (Phi) is 8.56. The van der Waals surface area contributed by atoms with Gasteiger partial charge in [0.25, 0.3) is 5.91 Å². The van der Waals surface area contributed by atoms with E-state index in [1.807, 2.05) is 43.5 Å². The van der Waals surface area contributed by atoms with E-state index in [0.29, 0.717) is 16.9 Å². The second-order valence-electron chi connectivity index (χ2n) is 6.58. The number of anilines is 2. The number of hydrogen-bond acceptors (Lipinski definition) is 6. The molecule has 0 unspecified atom stereocenters. The molecule has 2 aromatic rings. The number of aryl methyl sites for hydroxylation is 2. The van der Waals surface area contributed by atoms with Crippen LogP contribution in [0.2, 0.25) is 0 Å². The van der Waals surface area contributed by atoms with E-state index in [2.05, 4.69) is 17.6 Å². The molecule has 6 nitrogen and oxygen atoms in total. The first-order chi connectivity index (χ1) is 14.0. The summed E-state index contributed by atoms with van der Waals surface area (Å²) < 4.78 is 5.21. The molecule has 0 aliphatic carbocycles. The van der Waals surface area contributed by atoms with Crippen LogP contribution in [-0.2, 0) is 9.53 Å². The molecular weight excluding hydrogens is 386 g/mol. The van der Waals surface area contributed by atoms with Gasteiger partial charge in [-0.1, -0.05) is 25.5 Å². The quantitative estimate of drug-likeness (QED) is 0.264. The van der Waals surface area contributed by atoms with E-state index in [1.54, 1.807) is 12.1 Å². The lowest BCUT2D eigenvalue weighted by molar-refractivity contribution is -0.119. The maximum Gasteiger partial charge on any atom is 0.340 e. The van der Waals surface area contributed by atoms with Crippen LogP contribution in [0.25, 0.3) is 0 Å². The molecule has 2 N–H and O–H groups in total. The standard InChI is InChI=1S/C22H25N3O3S/c1-4-5-10-24-19-9-7-6-8-18(19)22(27)28-13-20(26)25-21-15(2)11-17(29-14-23)12-16(21)3/h6-9,11-12,24H,4-5,10,13H2,1-3H3,(H,25,26). The molecule has 0 fully saturated rings. The smallest absolute Gasteiger partial charge is 0.340 e. The molecule has 0 radical (unpaired) electrons. The van der Waals surface area contributed by atoms with E-state index in [9.17, 15) is 9.59 Å². The minimum Gasteiger partial charge on any atom is -0.452 e. The lowest BCUT2D eigenvalue weighted by Gasteiger charge is -2.14. The first-order valence-electron chi connectivity index (χ1n) is 9.43. The van der Waals surface area contributed by atoms with Crippen molar-refractivity contribution in [2.24, 2.45) is 0 Å². The summed E-state index contributed by atoms with van der Waals surface area (Å²) >= 11 is 1.07. The minimum atomic E-state index is -0.547. The van der Waals surface area contributed by atoms with Gasteiger partial charge in [-0.15, -0.1) is 0 Å². The van der Waals surface area contributed by atoms with Crippen molar-refractivity contribution >= 4 is 35.0 Å². The lowest BCUT2D eigenvalue weighted by Crippen LogP contribution is -2.22. The summed E-state index contributed by atoms with van der Waals surface area (Å²) in [6.45, 7) is 6.19. The van der Waals surface area contributed by atoms with Gasteiger partial charge in [0.15, 0.2) is 6.61 Å². The van der Waals surface area contributed by atoms with Crippen molar-refractivity contribution in [3.63, 3.8) is 0 Å². The van der Waals surface area contributed by atoms with Crippen LogP contribution >= 0.6 is 11.8 Å². The molecule has 0 atom stereocenters. The largest absolute Gasteiger partial charge is 0.452 e. The van der Waals surface area contributed by atoms with Crippen molar-refractivity contribution < 1.29 is 14.3 Å². The zero-order chi connectivity index (χ0) is 21.2. The van der Waals surface area contributed by atoms with Gasteiger partial charge < -0.3 is 15.4 Å². The third-order valence-electron chi connectivity index (χ3n) is 4.26. The van der Waals surface area contributed by atoms with Crippen LogP contribution in [0, 0.1) is 24.5 Å². The van der Waals surface area contributed by atoms with Crippen LogP contribution in [0.4, 0.5) is 11.4 Å². The topological polar surface area (TPSA) is 91.2 Å². The fourth-order valence-corrected chi connectivity index (χ4v) is 3.41. The fourth-order valence-electron chi connectivity index (χ4n) is 2.83. The number of carbonyl (C=O) groups excluding carboxylic acids is 2. The third kappa shape index (κ3) is 6.54. The maximum atomic E-state index is 12.4. The van der Waals surface area contributed by atoms with Crippen LogP contribution in [0.1, 0.15) is 41.3 Å². The molecule has 2 rings (SSSR count). The molecule has 7 heteroatoms. The zero-order valence-electron chi connectivity index (χ0n) is 16.9. The summed E-state index contributed by atoms with van der Waals surface area (Å²) in [6, 6.07) is 10.8. The second kappa shape index (κ2) is 11.1. The maximum absolute atomic E-state index is 12.4. The van der Waals surface area contributed by atoms with Crippen molar-refractivity contribution in [2.75, 3.05) is 23.8 Å². The number of amides is 1. The number of nitriles is 1.